The predicted octanol–water partition coefficient (Wildman–Crippen LogP) is 7.45. The Bertz CT molecular complexity index is 2590. The van der Waals surface area contributed by atoms with Crippen LogP contribution in [-0.4, -0.2) is 147 Å². The van der Waals surface area contributed by atoms with Crippen LogP contribution in [0.3, 0.4) is 0 Å². The Balaban J connectivity index is 1.21. The van der Waals surface area contributed by atoms with E-state index in [0.29, 0.717) is 51.3 Å². The summed E-state index contributed by atoms with van der Waals surface area (Å²) in [6, 6.07) is 6.13. The van der Waals surface area contributed by atoms with Crippen LogP contribution in [0, 0.1) is 29.1 Å². The van der Waals surface area contributed by atoms with Crippen LogP contribution in [0.5, 0.6) is 0 Å². The Kier molecular flexibility index (Phi) is 16.5. The van der Waals surface area contributed by atoms with Crippen LogP contribution in [0.4, 0.5) is 14.5 Å². The van der Waals surface area contributed by atoms with Gasteiger partial charge in [-0.25, -0.2) is 19.2 Å². The second-order valence-corrected chi connectivity index (χ2v) is 22.7. The molecule has 2 N–H and O–H groups in total. The second kappa shape index (κ2) is 22.7. The Hall–Kier alpha value is -4.63. The normalized spacial score (nSPS) is 25.8. The molecule has 398 valence electrons. The molecule has 73 heavy (non-hydrogen) atoms. The number of thiazole rings is 1. The van der Waals surface area contributed by atoms with Crippen molar-refractivity contribution in [1.82, 2.24) is 35.2 Å². The second-order valence-electron chi connectivity index (χ2n) is 21.9. The highest BCUT2D eigenvalue weighted by molar-refractivity contribution is 7.10. The first-order chi connectivity index (χ1) is 35.0. The van der Waals surface area contributed by atoms with Crippen LogP contribution < -0.4 is 15.6 Å². The standard InChI is InChI=1S/C54H74F2N8O8S/c1-31(2)44-32(3)45(44)50(65)59-47-49(71-28-43(55)56)51-58-41(29-73-51)34-11-12-42-37(24-34)39(26-54(5,6)30-72-53(67)40-10-9-15-64(60-40)52(47)66)48(63(42)20-23-70-36-13-21-69-22-14-36)38-25-35(27-57-46(38)33(4)68-8)62-18-16-61(7)17-19-62/h11-12,24-25,27,29,31-33,36,40,43-45,47,49,60H,9-10,13-23,26,28,30H2,1-8H3,(H,59,65)/t32-,33-,40-,44+,45+,47-,49-/m0/s1. The van der Waals surface area contributed by atoms with Crippen molar-refractivity contribution in [1.29, 1.82) is 0 Å². The Morgan fingerprint density at radius 1 is 1.04 bits per heavy atom. The van der Waals surface area contributed by atoms with Gasteiger partial charge < -0.3 is 43.4 Å². The van der Waals surface area contributed by atoms with Gasteiger partial charge in [0.1, 0.15) is 29.8 Å². The highest BCUT2D eigenvalue weighted by Gasteiger charge is 2.54. The van der Waals surface area contributed by atoms with Gasteiger partial charge in [-0.15, -0.1) is 11.3 Å². The van der Waals surface area contributed by atoms with Crippen LogP contribution in [0.2, 0.25) is 0 Å². The van der Waals surface area contributed by atoms with Gasteiger partial charge in [-0.3, -0.25) is 24.4 Å². The Labute approximate surface area is 431 Å². The molecule has 4 aliphatic heterocycles. The fourth-order valence-corrected chi connectivity index (χ4v) is 12.4. The van der Waals surface area contributed by atoms with Crippen LogP contribution in [0.25, 0.3) is 33.4 Å². The number of aromatic nitrogens is 3. The number of carbonyl (C=O) groups is 3. The summed E-state index contributed by atoms with van der Waals surface area (Å²) in [5.41, 5.74) is 9.46. The lowest BCUT2D eigenvalue weighted by molar-refractivity contribution is -0.157. The third-order valence-corrected chi connectivity index (χ3v) is 16.5. The van der Waals surface area contributed by atoms with E-state index in [1.54, 1.807) is 7.11 Å². The number of pyridine rings is 1. The molecular formula is C54H74F2N8O8S. The molecule has 9 rings (SSSR count). The van der Waals surface area contributed by atoms with Crippen LogP contribution >= 0.6 is 11.3 Å². The van der Waals surface area contributed by atoms with Gasteiger partial charge in [0.05, 0.1) is 54.4 Å². The first-order valence-electron chi connectivity index (χ1n) is 26.2. The largest absolute Gasteiger partial charge is 0.464 e. The smallest absolute Gasteiger partial charge is 0.324 e. The van der Waals surface area contributed by atoms with Crippen molar-refractivity contribution in [2.45, 2.75) is 117 Å². The molecule has 7 heterocycles. The summed E-state index contributed by atoms with van der Waals surface area (Å²) in [4.78, 5) is 58.1. The molecule has 0 spiro atoms. The summed E-state index contributed by atoms with van der Waals surface area (Å²) in [6.07, 6.45) is 0.399. The zero-order chi connectivity index (χ0) is 51.7. The number of nitrogens with zero attached hydrogens (tertiary/aromatic N) is 6. The Morgan fingerprint density at radius 3 is 2.52 bits per heavy atom. The van der Waals surface area contributed by atoms with E-state index >= 15 is 0 Å². The molecule has 3 saturated heterocycles. The monoisotopic (exact) mass is 1030 g/mol. The van der Waals surface area contributed by atoms with Crippen molar-refractivity contribution < 1.29 is 46.8 Å². The van der Waals surface area contributed by atoms with Crippen molar-refractivity contribution in [3.05, 3.63) is 52.1 Å². The maximum Gasteiger partial charge on any atom is 0.324 e. The van der Waals surface area contributed by atoms with Crippen molar-refractivity contribution in [2.75, 3.05) is 84.8 Å². The number of hydrogen-bond donors (Lipinski definition) is 2. The molecule has 1 aliphatic carbocycles. The number of nitrogens with one attached hydrogen (secondary N) is 2. The van der Waals surface area contributed by atoms with Gasteiger partial charge >= 0.3 is 5.97 Å². The number of anilines is 1. The summed E-state index contributed by atoms with van der Waals surface area (Å²) < 4.78 is 61.2. The van der Waals surface area contributed by atoms with E-state index in [1.165, 1.54) is 16.3 Å². The molecule has 7 atom stereocenters. The maximum atomic E-state index is 14.8. The lowest BCUT2D eigenvalue weighted by Crippen LogP contribution is -2.61. The van der Waals surface area contributed by atoms with E-state index in [1.807, 2.05) is 31.5 Å². The summed E-state index contributed by atoms with van der Waals surface area (Å²) in [5.74, 6) is -1.48. The van der Waals surface area contributed by atoms with E-state index in [9.17, 15) is 23.2 Å². The third kappa shape index (κ3) is 11.8. The minimum Gasteiger partial charge on any atom is -0.464 e. The average molecular weight is 1030 g/mol. The summed E-state index contributed by atoms with van der Waals surface area (Å²) >= 11 is 1.18. The average Bonchev–Trinajstić information content (AvgIpc) is 3.67. The number of hydrazine groups is 1. The van der Waals surface area contributed by atoms with Gasteiger partial charge in [0.15, 0.2) is 0 Å². The fourth-order valence-electron chi connectivity index (χ4n) is 11.4. The van der Waals surface area contributed by atoms with E-state index in [0.717, 1.165) is 83.7 Å². The molecule has 5 aliphatic rings. The zero-order valence-electron chi connectivity index (χ0n) is 43.7. The van der Waals surface area contributed by atoms with Crippen molar-refractivity contribution in [2.24, 2.45) is 29.1 Å². The van der Waals surface area contributed by atoms with Crippen LogP contribution in [0.15, 0.2) is 35.8 Å². The van der Waals surface area contributed by atoms with Crippen molar-refractivity contribution >= 4 is 45.7 Å². The number of fused-ring (bicyclic) bond motifs is 6. The summed E-state index contributed by atoms with van der Waals surface area (Å²) in [6.45, 7) is 17.4. The summed E-state index contributed by atoms with van der Waals surface area (Å²) in [5, 5.41) is 7.31. The van der Waals surface area contributed by atoms with Crippen LogP contribution in [-0.2, 0) is 51.0 Å². The Morgan fingerprint density at radius 2 is 1.81 bits per heavy atom. The van der Waals surface area contributed by atoms with Gasteiger partial charge in [0.25, 0.3) is 12.3 Å². The number of carbonyl (C=O) groups excluding carboxylic acids is 3. The van der Waals surface area contributed by atoms with Gasteiger partial charge in [0.2, 0.25) is 5.91 Å². The number of likely N-dealkylation sites (N-methyl/N-ethyl adjacent to an activating group) is 1. The molecule has 4 fully saturated rings. The minimum absolute atomic E-state index is 0.0613. The molecule has 1 saturated carbocycles. The fraction of sp³-hybridized carbons (Fsp3) is 0.648. The predicted molar refractivity (Wildman–Crippen MR) is 275 cm³/mol. The van der Waals surface area contributed by atoms with Gasteiger partial charge in [-0.05, 0) is 87.6 Å². The molecule has 19 heteroatoms. The van der Waals surface area contributed by atoms with Gasteiger partial charge in [-0.1, -0.05) is 40.7 Å². The van der Waals surface area contributed by atoms with E-state index in [-0.39, 0.29) is 59.9 Å². The highest BCUT2D eigenvalue weighted by Crippen LogP contribution is 2.51. The number of amides is 2. The van der Waals surface area contributed by atoms with Gasteiger partial charge in [0, 0.05) is 98.3 Å². The molecule has 1 aromatic carbocycles. The minimum atomic E-state index is -2.87. The first-order valence-corrected chi connectivity index (χ1v) is 27.1. The zero-order valence-corrected chi connectivity index (χ0v) is 44.5. The van der Waals surface area contributed by atoms with Crippen molar-refractivity contribution in [3.63, 3.8) is 0 Å². The first kappa shape index (κ1) is 53.2. The molecular weight excluding hydrogens is 959 g/mol. The number of piperazine rings is 1. The van der Waals surface area contributed by atoms with Crippen molar-refractivity contribution in [3.8, 4) is 22.5 Å². The molecule has 4 aromatic rings. The third-order valence-electron chi connectivity index (χ3n) is 15.6. The lowest BCUT2D eigenvalue weighted by Gasteiger charge is -2.37. The molecule has 2 amide bonds. The number of benzene rings is 1. The number of esters is 1. The quantitative estimate of drug-likeness (QED) is 0.120. The SMILES string of the molecule is CO[C@@H](C)c1ncc(N2CCN(C)CC2)cc1-c1c2c3cc(ccc3n1CCOC1CCOCC1)-c1csc(n1)[C@@H](OCC(F)F)[C@H](NC(=O)[C@@H]1[C@@H](C)[C@H]1C(C)C)C(=O)N1CCC[C@H](N1)C(=O)OCC(C)(C)C2. The number of ether oxygens (including phenoxy) is 5. The van der Waals surface area contributed by atoms with E-state index in [2.05, 4.69) is 78.1 Å². The van der Waals surface area contributed by atoms with Crippen LogP contribution in [0.1, 0.15) is 95.7 Å². The number of rotatable bonds is 14. The van der Waals surface area contributed by atoms with E-state index < -0.39 is 48.5 Å². The number of hydrogen-bond acceptors (Lipinski definition) is 14. The number of cyclic esters (lactones) is 1. The van der Waals surface area contributed by atoms with Gasteiger partial charge in [-0.2, -0.15) is 0 Å². The molecule has 3 aromatic heterocycles. The van der Waals surface area contributed by atoms with E-state index in [4.69, 9.17) is 33.7 Å². The molecule has 0 unspecified atom stereocenters. The summed E-state index contributed by atoms with van der Waals surface area (Å²) in [7, 11) is 3.83. The lowest BCUT2D eigenvalue weighted by atomic mass is 9.84. The number of halogens is 2. The highest BCUT2D eigenvalue weighted by atomic mass is 32.1. The maximum absolute atomic E-state index is 14.8. The molecule has 0 radical (unpaired) electrons. The topological polar surface area (TPSA) is 162 Å². The number of alkyl halides is 2. The molecule has 6 bridgehead atoms. The molecule has 16 nitrogen and oxygen atoms in total. The number of methoxy groups -OCH3 is 1.